The van der Waals surface area contributed by atoms with Gasteiger partial charge in [-0.05, 0) is 36.8 Å². The van der Waals surface area contributed by atoms with Gasteiger partial charge in [0.05, 0.1) is 20.5 Å². The molecular weight excluding hydrogens is 375 g/mol. The van der Waals surface area contributed by atoms with Crippen molar-refractivity contribution < 1.29 is 27.1 Å². The van der Waals surface area contributed by atoms with Gasteiger partial charge >= 0.3 is 0 Å². The number of anilines is 1. The monoisotopic (exact) mass is 396 g/mol. The summed E-state index contributed by atoms with van der Waals surface area (Å²) in [5, 5.41) is 2.65. The molecule has 0 saturated carbocycles. The van der Waals surface area contributed by atoms with E-state index in [2.05, 4.69) is 10.0 Å². The average Bonchev–Trinajstić information content (AvgIpc) is 2.60. The number of sulfonamides is 1. The second kappa shape index (κ2) is 7.93. The molecule has 0 radical (unpaired) electrons. The summed E-state index contributed by atoms with van der Waals surface area (Å²) in [6, 6.07) is 9.74. The molecule has 0 unspecified atom stereocenters. The zero-order chi connectivity index (χ0) is 20.2. The van der Waals surface area contributed by atoms with Crippen molar-refractivity contribution >= 4 is 21.6 Å². The molecule has 2 aromatic rings. The quantitative estimate of drug-likeness (QED) is 0.749. The molecule has 0 saturated heterocycles. The van der Waals surface area contributed by atoms with Gasteiger partial charge in [-0.3, -0.25) is 4.79 Å². The van der Waals surface area contributed by atoms with Crippen LogP contribution in [-0.4, -0.2) is 34.8 Å². The van der Waals surface area contributed by atoms with E-state index in [4.69, 9.17) is 9.47 Å². The third kappa shape index (κ3) is 4.95. The highest BCUT2D eigenvalue weighted by Gasteiger charge is 2.38. The fraction of sp³-hybridized carbons (Fsp3) is 0.278. The van der Waals surface area contributed by atoms with Crippen molar-refractivity contribution in [1.29, 1.82) is 0 Å². The Morgan fingerprint density at radius 3 is 2.15 bits per heavy atom. The highest BCUT2D eigenvalue weighted by molar-refractivity contribution is 7.88. The van der Waals surface area contributed by atoms with E-state index in [0.29, 0.717) is 17.2 Å². The molecule has 9 heteroatoms. The molecule has 0 aromatic heterocycles. The Morgan fingerprint density at radius 1 is 1.04 bits per heavy atom. The molecule has 146 valence electrons. The van der Waals surface area contributed by atoms with Crippen molar-refractivity contribution in [3.05, 3.63) is 53.8 Å². The molecule has 7 nitrogen and oxygen atoms in total. The molecule has 1 atom stereocenters. The molecule has 0 heterocycles. The van der Waals surface area contributed by atoms with E-state index in [0.717, 1.165) is 18.4 Å². The highest BCUT2D eigenvalue weighted by Crippen LogP contribution is 2.31. The van der Waals surface area contributed by atoms with Gasteiger partial charge in [0, 0.05) is 11.8 Å². The lowest BCUT2D eigenvalue weighted by atomic mass is 9.92. The zero-order valence-corrected chi connectivity index (χ0v) is 16.2. The fourth-order valence-corrected chi connectivity index (χ4v) is 3.51. The summed E-state index contributed by atoms with van der Waals surface area (Å²) in [4.78, 5) is 12.9. The lowest BCUT2D eigenvalue weighted by Crippen LogP contribution is -2.51. The van der Waals surface area contributed by atoms with E-state index >= 15 is 0 Å². The van der Waals surface area contributed by atoms with Gasteiger partial charge in [-0.15, -0.1) is 0 Å². The van der Waals surface area contributed by atoms with Gasteiger partial charge < -0.3 is 14.8 Å². The van der Waals surface area contributed by atoms with E-state index in [-0.39, 0.29) is 5.56 Å². The Hall–Kier alpha value is -2.65. The molecule has 2 rings (SSSR count). The smallest absolute Gasteiger partial charge is 0.249 e. The maximum Gasteiger partial charge on any atom is 0.249 e. The predicted molar refractivity (Wildman–Crippen MR) is 99.9 cm³/mol. The van der Waals surface area contributed by atoms with Crippen LogP contribution in [0.15, 0.2) is 42.5 Å². The molecule has 0 aliphatic rings. The number of methoxy groups -OCH3 is 2. The fourth-order valence-electron chi connectivity index (χ4n) is 2.56. The van der Waals surface area contributed by atoms with Crippen molar-refractivity contribution in [1.82, 2.24) is 4.72 Å². The summed E-state index contributed by atoms with van der Waals surface area (Å²) in [6.07, 6.45) is 0.943. The van der Waals surface area contributed by atoms with Crippen LogP contribution in [0.1, 0.15) is 12.5 Å². The summed E-state index contributed by atoms with van der Waals surface area (Å²) in [7, 11) is -0.811. The van der Waals surface area contributed by atoms with Gasteiger partial charge in [-0.1, -0.05) is 12.1 Å². The average molecular weight is 396 g/mol. The predicted octanol–water partition coefficient (Wildman–Crippen LogP) is 2.25. The van der Waals surface area contributed by atoms with Gasteiger partial charge in [-0.25, -0.2) is 12.8 Å². The largest absolute Gasteiger partial charge is 0.493 e. The van der Waals surface area contributed by atoms with Crippen LogP contribution < -0.4 is 19.5 Å². The Kier molecular flexibility index (Phi) is 6.07. The summed E-state index contributed by atoms with van der Waals surface area (Å²) in [5.41, 5.74) is -0.998. The Bertz CT molecular complexity index is 931. The van der Waals surface area contributed by atoms with Crippen molar-refractivity contribution in [2.75, 3.05) is 25.8 Å². The van der Waals surface area contributed by atoms with E-state index in [1.165, 1.54) is 33.3 Å². The minimum Gasteiger partial charge on any atom is -0.493 e. The van der Waals surface area contributed by atoms with E-state index < -0.39 is 27.3 Å². The van der Waals surface area contributed by atoms with Crippen LogP contribution in [0.3, 0.4) is 0 Å². The molecule has 1 amide bonds. The number of amides is 1. The Labute approximate surface area is 157 Å². The summed E-state index contributed by atoms with van der Waals surface area (Å²) in [6.45, 7) is 1.40. The molecule has 0 bridgehead atoms. The number of hydrogen-bond acceptors (Lipinski definition) is 5. The maximum absolute atomic E-state index is 13.3. The van der Waals surface area contributed by atoms with Crippen molar-refractivity contribution in [2.24, 2.45) is 0 Å². The lowest BCUT2D eigenvalue weighted by molar-refractivity contribution is -0.121. The number of carbonyl (C=O) groups excluding carboxylic acids is 1. The van der Waals surface area contributed by atoms with Crippen molar-refractivity contribution in [2.45, 2.75) is 12.5 Å². The minimum atomic E-state index is -3.75. The molecule has 27 heavy (non-hydrogen) atoms. The number of hydrogen-bond donors (Lipinski definition) is 2. The lowest BCUT2D eigenvalue weighted by Gasteiger charge is -2.29. The van der Waals surface area contributed by atoms with Gasteiger partial charge in [-0.2, -0.15) is 4.72 Å². The summed E-state index contributed by atoms with van der Waals surface area (Å²) >= 11 is 0. The first kappa shape index (κ1) is 20.7. The number of halogens is 1. The van der Waals surface area contributed by atoms with Crippen LogP contribution >= 0.6 is 0 Å². The molecular formula is C18H21FN2O5S. The molecule has 0 fully saturated rings. The minimum absolute atomic E-state index is 0.285. The van der Waals surface area contributed by atoms with Crippen LogP contribution in [0, 0.1) is 5.82 Å². The van der Waals surface area contributed by atoms with Crippen molar-refractivity contribution in [3.63, 3.8) is 0 Å². The van der Waals surface area contributed by atoms with E-state index in [9.17, 15) is 17.6 Å². The number of nitrogens with one attached hydrogen (secondary N) is 2. The topological polar surface area (TPSA) is 93.7 Å². The highest BCUT2D eigenvalue weighted by atomic mass is 32.2. The third-order valence-electron chi connectivity index (χ3n) is 3.91. The SMILES string of the molecule is COc1ccc(NC(=O)[C@](C)(NS(C)(=O)=O)c2ccc(F)cc2)cc1OC. The van der Waals surface area contributed by atoms with Crippen LogP contribution in [0.5, 0.6) is 11.5 Å². The number of rotatable bonds is 7. The molecule has 0 spiro atoms. The number of benzene rings is 2. The molecule has 0 aliphatic heterocycles. The first-order valence-corrected chi connectivity index (χ1v) is 9.76. The van der Waals surface area contributed by atoms with Gasteiger partial charge in [0.15, 0.2) is 11.5 Å². The first-order valence-electron chi connectivity index (χ1n) is 7.87. The second-order valence-electron chi connectivity index (χ2n) is 6.03. The number of carbonyl (C=O) groups is 1. The third-order valence-corrected chi connectivity index (χ3v) is 4.69. The normalized spacial score (nSPS) is 13.5. The van der Waals surface area contributed by atoms with E-state index in [1.54, 1.807) is 18.2 Å². The standard InChI is InChI=1S/C18H21FN2O5S/c1-18(21-27(4,23)24,12-5-7-13(19)8-6-12)17(22)20-14-9-10-15(25-2)16(11-14)26-3/h5-11,21H,1-4H3,(H,20,22)/t18-/m1/s1. The molecule has 2 N–H and O–H groups in total. The van der Waals surface area contributed by atoms with Gasteiger partial charge in [0.2, 0.25) is 15.9 Å². The van der Waals surface area contributed by atoms with Crippen LogP contribution in [0.25, 0.3) is 0 Å². The zero-order valence-electron chi connectivity index (χ0n) is 15.4. The van der Waals surface area contributed by atoms with Gasteiger partial charge in [0.1, 0.15) is 11.4 Å². The molecule has 0 aliphatic carbocycles. The van der Waals surface area contributed by atoms with Gasteiger partial charge in [0.25, 0.3) is 0 Å². The van der Waals surface area contributed by atoms with E-state index in [1.807, 2.05) is 0 Å². The first-order chi connectivity index (χ1) is 12.6. The van der Waals surface area contributed by atoms with Crippen LogP contribution in [-0.2, 0) is 20.4 Å². The summed E-state index contributed by atoms with van der Waals surface area (Å²) < 4.78 is 49.6. The Morgan fingerprint density at radius 2 is 1.63 bits per heavy atom. The molecule has 2 aromatic carbocycles. The second-order valence-corrected chi connectivity index (χ2v) is 7.78. The maximum atomic E-state index is 13.3. The summed E-state index contributed by atoms with van der Waals surface area (Å²) in [5.74, 6) is -0.270. The van der Waals surface area contributed by atoms with Crippen molar-refractivity contribution in [3.8, 4) is 11.5 Å². The Balaban J connectivity index is 2.41. The van der Waals surface area contributed by atoms with Crippen LogP contribution in [0.4, 0.5) is 10.1 Å². The van der Waals surface area contributed by atoms with Crippen LogP contribution in [0.2, 0.25) is 0 Å². The number of ether oxygens (including phenoxy) is 2.